The molecule has 4 nitrogen and oxygen atoms in total. The van der Waals surface area contributed by atoms with E-state index in [1.165, 1.54) is 42.6 Å². The van der Waals surface area contributed by atoms with Crippen molar-refractivity contribution >= 4 is 11.8 Å². The first-order chi connectivity index (χ1) is 11.7. The van der Waals surface area contributed by atoms with E-state index in [2.05, 4.69) is 46.8 Å². The first kappa shape index (κ1) is 16.0. The number of hydrogen-bond donors (Lipinski definition) is 0. The minimum Gasteiger partial charge on any atom is -0.494 e. The molecule has 0 aliphatic heterocycles. The molecule has 2 aliphatic carbocycles. The third-order valence-electron chi connectivity index (χ3n) is 4.53. The minimum atomic E-state index is 0.671. The summed E-state index contributed by atoms with van der Waals surface area (Å²) in [6, 6.07) is 7.05. The number of thioether (sulfide) groups is 1. The summed E-state index contributed by atoms with van der Waals surface area (Å²) in [5.74, 6) is 3.93. The van der Waals surface area contributed by atoms with Crippen molar-refractivity contribution in [2.75, 3.05) is 12.4 Å². The number of nitrogens with zero attached hydrogens (tertiary/aromatic N) is 3. The van der Waals surface area contributed by atoms with Crippen LogP contribution in [0, 0.1) is 13.8 Å². The Morgan fingerprint density at radius 3 is 2.50 bits per heavy atom. The first-order valence-electron chi connectivity index (χ1n) is 8.99. The summed E-state index contributed by atoms with van der Waals surface area (Å²) in [7, 11) is 0. The smallest absolute Gasteiger partial charge is 0.191 e. The standard InChI is InChI=1S/C19H25N3OS/c1-13-10-14(2)12-17(11-13)23-8-3-9-24-19-21-20-18(15-4-5-15)22(19)16-6-7-16/h10-12,15-16H,3-9H2,1-2H3. The van der Waals surface area contributed by atoms with E-state index >= 15 is 0 Å². The molecule has 1 heterocycles. The highest BCUT2D eigenvalue weighted by Crippen LogP contribution is 2.46. The molecule has 0 amide bonds. The molecular formula is C19H25N3OS. The largest absolute Gasteiger partial charge is 0.494 e. The summed E-state index contributed by atoms with van der Waals surface area (Å²) in [6.07, 6.45) is 6.19. The van der Waals surface area contributed by atoms with Crippen molar-refractivity contribution in [3.8, 4) is 5.75 Å². The molecule has 2 fully saturated rings. The van der Waals surface area contributed by atoms with E-state index < -0.39 is 0 Å². The van der Waals surface area contributed by atoms with Gasteiger partial charge in [-0.25, -0.2) is 0 Å². The Hall–Kier alpha value is -1.49. The fourth-order valence-electron chi connectivity index (χ4n) is 3.11. The van der Waals surface area contributed by atoms with E-state index in [0.29, 0.717) is 12.0 Å². The highest BCUT2D eigenvalue weighted by atomic mass is 32.2. The van der Waals surface area contributed by atoms with Gasteiger partial charge in [0.05, 0.1) is 6.61 Å². The van der Waals surface area contributed by atoms with Gasteiger partial charge in [-0.2, -0.15) is 0 Å². The quantitative estimate of drug-likeness (QED) is 0.516. The highest BCUT2D eigenvalue weighted by molar-refractivity contribution is 7.99. The van der Waals surface area contributed by atoms with Crippen molar-refractivity contribution in [2.24, 2.45) is 0 Å². The molecule has 4 rings (SSSR count). The number of aromatic nitrogens is 3. The molecule has 5 heteroatoms. The van der Waals surface area contributed by atoms with Crippen LogP contribution in [0.15, 0.2) is 23.4 Å². The predicted octanol–water partition coefficient (Wildman–Crippen LogP) is 4.67. The van der Waals surface area contributed by atoms with Crippen LogP contribution in [0.5, 0.6) is 5.75 Å². The van der Waals surface area contributed by atoms with Gasteiger partial charge in [-0.1, -0.05) is 17.8 Å². The summed E-state index contributed by atoms with van der Waals surface area (Å²) in [5.41, 5.74) is 2.51. The summed E-state index contributed by atoms with van der Waals surface area (Å²) < 4.78 is 8.32. The monoisotopic (exact) mass is 343 g/mol. The van der Waals surface area contributed by atoms with Crippen LogP contribution in [-0.2, 0) is 0 Å². The van der Waals surface area contributed by atoms with Crippen LogP contribution in [0.1, 0.15) is 61.0 Å². The van der Waals surface area contributed by atoms with Crippen LogP contribution < -0.4 is 4.74 Å². The van der Waals surface area contributed by atoms with Gasteiger partial charge in [-0.15, -0.1) is 10.2 Å². The fraction of sp³-hybridized carbons (Fsp3) is 0.579. The van der Waals surface area contributed by atoms with Crippen LogP contribution in [-0.4, -0.2) is 27.1 Å². The van der Waals surface area contributed by atoms with Gasteiger partial charge < -0.3 is 9.30 Å². The van der Waals surface area contributed by atoms with Gasteiger partial charge >= 0.3 is 0 Å². The SMILES string of the molecule is Cc1cc(C)cc(OCCCSc2nnc(C3CC3)n2C2CC2)c1. The summed E-state index contributed by atoms with van der Waals surface area (Å²) in [4.78, 5) is 0. The van der Waals surface area contributed by atoms with Gasteiger partial charge in [0.15, 0.2) is 5.16 Å². The predicted molar refractivity (Wildman–Crippen MR) is 97.0 cm³/mol. The third kappa shape index (κ3) is 3.77. The van der Waals surface area contributed by atoms with Gasteiger partial charge in [0.1, 0.15) is 11.6 Å². The topological polar surface area (TPSA) is 39.9 Å². The zero-order valence-electron chi connectivity index (χ0n) is 14.5. The molecule has 0 N–H and O–H groups in total. The Morgan fingerprint density at radius 2 is 1.83 bits per heavy atom. The number of hydrogen-bond acceptors (Lipinski definition) is 4. The Labute approximate surface area is 148 Å². The molecule has 0 unspecified atom stereocenters. The molecule has 0 saturated heterocycles. The Kier molecular flexibility index (Phi) is 4.53. The maximum Gasteiger partial charge on any atom is 0.191 e. The van der Waals surface area contributed by atoms with Crippen molar-refractivity contribution in [3.05, 3.63) is 35.2 Å². The normalized spacial score (nSPS) is 17.2. The molecule has 24 heavy (non-hydrogen) atoms. The summed E-state index contributed by atoms with van der Waals surface area (Å²) in [5, 5.41) is 10.0. The van der Waals surface area contributed by atoms with Crippen LogP contribution >= 0.6 is 11.8 Å². The van der Waals surface area contributed by atoms with Gasteiger partial charge in [0.2, 0.25) is 0 Å². The molecule has 1 aromatic carbocycles. The molecule has 1 aromatic heterocycles. The lowest BCUT2D eigenvalue weighted by molar-refractivity contribution is 0.318. The second kappa shape index (κ2) is 6.79. The lowest BCUT2D eigenvalue weighted by Crippen LogP contribution is -2.03. The number of rotatable bonds is 8. The van der Waals surface area contributed by atoms with Gasteiger partial charge in [0, 0.05) is 17.7 Å². The molecule has 2 aliphatic rings. The van der Waals surface area contributed by atoms with Gasteiger partial charge in [-0.05, 0) is 69.2 Å². The molecule has 0 bridgehead atoms. The highest BCUT2D eigenvalue weighted by Gasteiger charge is 2.36. The summed E-state index contributed by atoms with van der Waals surface area (Å²) >= 11 is 1.83. The van der Waals surface area contributed by atoms with Crippen molar-refractivity contribution in [1.29, 1.82) is 0 Å². The molecule has 2 aromatic rings. The van der Waals surface area contributed by atoms with Crippen molar-refractivity contribution in [3.63, 3.8) is 0 Å². The van der Waals surface area contributed by atoms with E-state index in [4.69, 9.17) is 4.74 Å². The number of ether oxygens (including phenoxy) is 1. The molecule has 2 saturated carbocycles. The fourth-order valence-corrected chi connectivity index (χ4v) is 4.04. The number of aryl methyl sites for hydroxylation is 2. The first-order valence-corrected chi connectivity index (χ1v) is 9.98. The zero-order valence-corrected chi connectivity index (χ0v) is 15.3. The second-order valence-corrected chi connectivity index (χ2v) is 8.15. The summed E-state index contributed by atoms with van der Waals surface area (Å²) in [6.45, 7) is 4.97. The number of benzene rings is 1. The minimum absolute atomic E-state index is 0.671. The Morgan fingerprint density at radius 1 is 1.08 bits per heavy atom. The van der Waals surface area contributed by atoms with Crippen molar-refractivity contribution in [2.45, 2.75) is 63.1 Å². The van der Waals surface area contributed by atoms with Crippen molar-refractivity contribution in [1.82, 2.24) is 14.8 Å². The van der Waals surface area contributed by atoms with Crippen LogP contribution in [0.25, 0.3) is 0 Å². The lowest BCUT2D eigenvalue weighted by Gasteiger charge is -2.09. The van der Waals surface area contributed by atoms with Gasteiger partial charge in [-0.3, -0.25) is 0 Å². The van der Waals surface area contributed by atoms with E-state index in [1.54, 1.807) is 0 Å². The van der Waals surface area contributed by atoms with E-state index in [9.17, 15) is 0 Å². The third-order valence-corrected chi connectivity index (χ3v) is 5.56. The van der Waals surface area contributed by atoms with Crippen molar-refractivity contribution < 1.29 is 4.74 Å². The molecule has 0 atom stereocenters. The van der Waals surface area contributed by atoms with E-state index in [-0.39, 0.29) is 0 Å². The Bertz CT molecular complexity index is 699. The van der Waals surface area contributed by atoms with Crippen LogP contribution in [0.3, 0.4) is 0 Å². The average molecular weight is 343 g/mol. The maximum atomic E-state index is 5.89. The maximum absolute atomic E-state index is 5.89. The molecule has 128 valence electrons. The van der Waals surface area contributed by atoms with Crippen LogP contribution in [0.2, 0.25) is 0 Å². The molecule has 0 radical (unpaired) electrons. The molecular weight excluding hydrogens is 318 g/mol. The molecule has 0 spiro atoms. The van der Waals surface area contributed by atoms with Gasteiger partial charge in [0.25, 0.3) is 0 Å². The average Bonchev–Trinajstić information content (AvgIpc) is 3.45. The lowest BCUT2D eigenvalue weighted by atomic mass is 10.1. The van der Waals surface area contributed by atoms with E-state index in [0.717, 1.165) is 29.7 Å². The second-order valence-electron chi connectivity index (χ2n) is 7.09. The van der Waals surface area contributed by atoms with E-state index in [1.807, 2.05) is 11.8 Å². The Balaban J connectivity index is 1.27. The van der Waals surface area contributed by atoms with Crippen LogP contribution in [0.4, 0.5) is 0 Å². The zero-order chi connectivity index (χ0) is 16.5.